The van der Waals surface area contributed by atoms with Gasteiger partial charge >= 0.3 is 0 Å². The Morgan fingerprint density at radius 2 is 1.65 bits per heavy atom. The molecule has 0 aliphatic rings. The van der Waals surface area contributed by atoms with E-state index in [-0.39, 0.29) is 6.04 Å². The van der Waals surface area contributed by atoms with Crippen molar-refractivity contribution in [3.63, 3.8) is 0 Å². The third-order valence-electron chi connectivity index (χ3n) is 3.85. The zero-order valence-electron chi connectivity index (χ0n) is 12.6. The quantitative estimate of drug-likeness (QED) is 0.893. The molecule has 1 atom stereocenters. The monoisotopic (exact) mass is 268 g/mol. The molecule has 2 nitrogen and oxygen atoms in total. The summed E-state index contributed by atoms with van der Waals surface area (Å²) in [6, 6.07) is 17.4. The fraction of sp³-hybridized carbons (Fsp3) is 0.333. The number of rotatable bonds is 5. The Morgan fingerprint density at radius 1 is 1.00 bits per heavy atom. The summed E-state index contributed by atoms with van der Waals surface area (Å²) in [4.78, 5) is 2.38. The molecule has 0 fully saturated rings. The summed E-state index contributed by atoms with van der Waals surface area (Å²) < 4.78 is 0. The van der Waals surface area contributed by atoms with E-state index in [2.05, 4.69) is 74.2 Å². The van der Waals surface area contributed by atoms with Crippen molar-refractivity contribution < 1.29 is 0 Å². The first-order chi connectivity index (χ1) is 9.67. The summed E-state index contributed by atoms with van der Waals surface area (Å²) >= 11 is 0. The minimum atomic E-state index is 0.226. The third-order valence-corrected chi connectivity index (χ3v) is 3.85. The molecule has 0 spiro atoms. The van der Waals surface area contributed by atoms with Crippen molar-refractivity contribution in [1.29, 1.82) is 0 Å². The van der Waals surface area contributed by atoms with Crippen LogP contribution in [0.4, 0.5) is 5.69 Å². The average molecular weight is 268 g/mol. The molecule has 1 unspecified atom stereocenters. The molecule has 106 valence electrons. The zero-order valence-corrected chi connectivity index (χ0v) is 12.6. The second kappa shape index (κ2) is 6.58. The van der Waals surface area contributed by atoms with Crippen molar-refractivity contribution in [3.05, 3.63) is 65.2 Å². The predicted octanol–water partition coefficient (Wildman–Crippen LogP) is 3.83. The van der Waals surface area contributed by atoms with Crippen LogP contribution < -0.4 is 10.6 Å². The number of nitrogens with two attached hydrogens (primary N) is 1. The number of likely N-dealkylation sites (N-methyl/N-ethyl adjacent to an activating group) is 1. The van der Waals surface area contributed by atoms with Gasteiger partial charge in [0.25, 0.3) is 0 Å². The lowest BCUT2D eigenvalue weighted by molar-refractivity contribution is 0.640. The normalized spacial score (nSPS) is 12.2. The molecular formula is C18H24N2. The molecule has 0 radical (unpaired) electrons. The van der Waals surface area contributed by atoms with E-state index in [1.807, 2.05) is 0 Å². The maximum atomic E-state index is 6.08. The standard InChI is InChI=1S/C18H24N2/c1-4-20(16-11-9-14(2)10-12-16)18(13-19)17-8-6-5-7-15(17)3/h5-12,18H,4,13,19H2,1-3H3. The molecule has 0 aromatic heterocycles. The maximum Gasteiger partial charge on any atom is 0.0667 e. The summed E-state index contributed by atoms with van der Waals surface area (Å²) in [5, 5.41) is 0. The molecule has 20 heavy (non-hydrogen) atoms. The van der Waals surface area contributed by atoms with Crippen LogP contribution in [0.3, 0.4) is 0 Å². The van der Waals surface area contributed by atoms with Gasteiger partial charge in [-0.05, 0) is 44.0 Å². The van der Waals surface area contributed by atoms with Crippen molar-refractivity contribution >= 4 is 5.69 Å². The zero-order chi connectivity index (χ0) is 14.5. The highest BCUT2D eigenvalue weighted by Crippen LogP contribution is 2.28. The molecular weight excluding hydrogens is 244 g/mol. The molecule has 0 bridgehead atoms. The van der Waals surface area contributed by atoms with Gasteiger partial charge < -0.3 is 10.6 Å². The minimum absolute atomic E-state index is 0.226. The lowest BCUT2D eigenvalue weighted by Crippen LogP contribution is -2.34. The largest absolute Gasteiger partial charge is 0.363 e. The molecule has 2 aromatic carbocycles. The van der Waals surface area contributed by atoms with E-state index >= 15 is 0 Å². The van der Waals surface area contributed by atoms with Crippen LogP contribution in [0, 0.1) is 13.8 Å². The van der Waals surface area contributed by atoms with Crippen molar-refractivity contribution in [3.8, 4) is 0 Å². The van der Waals surface area contributed by atoms with Crippen molar-refractivity contribution in [1.82, 2.24) is 0 Å². The number of hydrogen-bond donors (Lipinski definition) is 1. The van der Waals surface area contributed by atoms with Gasteiger partial charge in [-0.15, -0.1) is 0 Å². The van der Waals surface area contributed by atoms with E-state index in [9.17, 15) is 0 Å². The lowest BCUT2D eigenvalue weighted by Gasteiger charge is -2.33. The number of benzene rings is 2. The Morgan fingerprint density at radius 3 is 2.20 bits per heavy atom. The van der Waals surface area contributed by atoms with Crippen LogP contribution in [0.15, 0.2) is 48.5 Å². The Kier molecular flexibility index (Phi) is 4.80. The Bertz CT molecular complexity index is 546. The fourth-order valence-electron chi connectivity index (χ4n) is 2.70. The number of hydrogen-bond acceptors (Lipinski definition) is 2. The van der Waals surface area contributed by atoms with Crippen LogP contribution in [0.2, 0.25) is 0 Å². The second-order valence-electron chi connectivity index (χ2n) is 5.23. The van der Waals surface area contributed by atoms with Gasteiger partial charge in [0.2, 0.25) is 0 Å². The molecule has 0 saturated carbocycles. The van der Waals surface area contributed by atoms with E-state index < -0.39 is 0 Å². The Balaban J connectivity index is 2.38. The first-order valence-electron chi connectivity index (χ1n) is 7.26. The summed E-state index contributed by atoms with van der Waals surface area (Å²) in [6.07, 6.45) is 0. The van der Waals surface area contributed by atoms with E-state index in [1.165, 1.54) is 22.4 Å². The van der Waals surface area contributed by atoms with Crippen LogP contribution in [-0.2, 0) is 0 Å². The van der Waals surface area contributed by atoms with Gasteiger partial charge in [-0.2, -0.15) is 0 Å². The molecule has 0 aliphatic heterocycles. The summed E-state index contributed by atoms with van der Waals surface area (Å²) in [5.74, 6) is 0. The summed E-state index contributed by atoms with van der Waals surface area (Å²) in [6.45, 7) is 8.01. The first-order valence-corrected chi connectivity index (χ1v) is 7.26. The van der Waals surface area contributed by atoms with Crippen LogP contribution in [0.5, 0.6) is 0 Å². The van der Waals surface area contributed by atoms with Gasteiger partial charge in [0.05, 0.1) is 6.04 Å². The van der Waals surface area contributed by atoms with E-state index in [4.69, 9.17) is 5.73 Å². The summed E-state index contributed by atoms with van der Waals surface area (Å²) in [7, 11) is 0. The smallest absolute Gasteiger partial charge is 0.0667 e. The van der Waals surface area contributed by atoms with E-state index in [0.29, 0.717) is 6.54 Å². The van der Waals surface area contributed by atoms with Gasteiger partial charge in [0.15, 0.2) is 0 Å². The molecule has 0 saturated heterocycles. The van der Waals surface area contributed by atoms with E-state index in [0.717, 1.165) is 6.54 Å². The topological polar surface area (TPSA) is 29.3 Å². The third kappa shape index (κ3) is 3.02. The highest BCUT2D eigenvalue weighted by atomic mass is 15.2. The van der Waals surface area contributed by atoms with Crippen LogP contribution in [-0.4, -0.2) is 13.1 Å². The lowest BCUT2D eigenvalue weighted by atomic mass is 9.99. The predicted molar refractivity (Wildman–Crippen MR) is 87.2 cm³/mol. The minimum Gasteiger partial charge on any atom is -0.363 e. The number of anilines is 1. The van der Waals surface area contributed by atoms with Gasteiger partial charge in [-0.25, -0.2) is 0 Å². The SMILES string of the molecule is CCN(c1ccc(C)cc1)C(CN)c1ccccc1C. The summed E-state index contributed by atoms with van der Waals surface area (Å²) in [5.41, 5.74) is 11.2. The maximum absolute atomic E-state index is 6.08. The average Bonchev–Trinajstić information content (AvgIpc) is 2.47. The first kappa shape index (κ1) is 14.6. The molecule has 2 N–H and O–H groups in total. The van der Waals surface area contributed by atoms with Crippen LogP contribution >= 0.6 is 0 Å². The van der Waals surface area contributed by atoms with Crippen molar-refractivity contribution in [2.75, 3.05) is 18.0 Å². The number of aryl methyl sites for hydroxylation is 2. The fourth-order valence-corrected chi connectivity index (χ4v) is 2.70. The molecule has 2 aromatic rings. The number of nitrogens with zero attached hydrogens (tertiary/aromatic N) is 1. The molecule has 2 heteroatoms. The second-order valence-corrected chi connectivity index (χ2v) is 5.23. The molecule has 2 rings (SSSR count). The highest BCUT2D eigenvalue weighted by molar-refractivity contribution is 5.50. The molecule has 0 amide bonds. The van der Waals surface area contributed by atoms with Gasteiger partial charge in [0.1, 0.15) is 0 Å². The van der Waals surface area contributed by atoms with Gasteiger partial charge in [-0.1, -0.05) is 42.0 Å². The Labute approximate surface area is 122 Å². The highest BCUT2D eigenvalue weighted by Gasteiger charge is 2.19. The molecule has 0 aliphatic carbocycles. The van der Waals surface area contributed by atoms with Crippen molar-refractivity contribution in [2.24, 2.45) is 5.73 Å². The van der Waals surface area contributed by atoms with Crippen molar-refractivity contribution in [2.45, 2.75) is 26.8 Å². The van der Waals surface area contributed by atoms with Crippen LogP contribution in [0.25, 0.3) is 0 Å². The van der Waals surface area contributed by atoms with Gasteiger partial charge in [-0.3, -0.25) is 0 Å². The Hall–Kier alpha value is -1.80. The van der Waals surface area contributed by atoms with E-state index in [1.54, 1.807) is 0 Å². The van der Waals surface area contributed by atoms with Gasteiger partial charge in [0, 0.05) is 18.8 Å². The van der Waals surface area contributed by atoms with Crippen LogP contribution in [0.1, 0.15) is 29.7 Å². The molecule has 0 heterocycles.